The van der Waals surface area contributed by atoms with Gasteiger partial charge in [-0.2, -0.15) is 4.31 Å². The molecular weight excluding hydrogens is 485 g/mol. The zero-order valence-corrected chi connectivity index (χ0v) is 19.5. The zero-order chi connectivity index (χ0) is 24.6. The fourth-order valence-electron chi connectivity index (χ4n) is 3.48. The molecule has 1 amide bonds. The lowest BCUT2D eigenvalue weighted by molar-refractivity contribution is 0.0600. The number of hydrogen-bond donors (Lipinski definition) is 0. The second-order valence-electron chi connectivity index (χ2n) is 7.24. The maximum Gasteiger partial charge on any atom is 0.342 e. The molecule has 0 N–H and O–H groups in total. The van der Waals surface area contributed by atoms with Crippen LogP contribution in [0.15, 0.2) is 76.0 Å². The van der Waals surface area contributed by atoms with E-state index in [1.165, 1.54) is 49.6 Å². The fraction of sp³-hybridized carbons (Fsp3) is 0.0833. The lowest BCUT2D eigenvalue weighted by Crippen LogP contribution is -2.37. The fourth-order valence-corrected chi connectivity index (χ4v) is 5.01. The number of furan rings is 1. The van der Waals surface area contributed by atoms with Gasteiger partial charge in [-0.1, -0.05) is 11.6 Å². The Morgan fingerprint density at radius 3 is 2.26 bits per heavy atom. The molecule has 10 heteroatoms. The van der Waals surface area contributed by atoms with Gasteiger partial charge in [0.25, 0.3) is 15.9 Å². The number of fused-ring (bicyclic) bond motifs is 1. The van der Waals surface area contributed by atoms with E-state index in [4.69, 9.17) is 20.8 Å². The Kier molecular flexibility index (Phi) is 6.16. The van der Waals surface area contributed by atoms with Gasteiger partial charge in [0.2, 0.25) is 0 Å². The molecule has 0 radical (unpaired) electrons. The van der Waals surface area contributed by atoms with E-state index in [1.54, 1.807) is 6.92 Å². The van der Waals surface area contributed by atoms with Crippen LogP contribution in [0, 0.1) is 12.7 Å². The molecule has 7 nitrogen and oxygen atoms in total. The Morgan fingerprint density at radius 2 is 1.65 bits per heavy atom. The number of benzene rings is 3. The SMILES string of the molecule is COC(=O)c1c(C)oc2ccc(N(C(=O)c3ccc(Cl)cc3)S(=O)(=O)c3ccc(F)cc3)cc12. The van der Waals surface area contributed by atoms with E-state index in [0.717, 1.165) is 24.3 Å². The molecule has 1 heterocycles. The molecule has 0 saturated heterocycles. The third-order valence-corrected chi connectivity index (χ3v) is 7.08. The normalized spacial score (nSPS) is 11.4. The minimum Gasteiger partial charge on any atom is -0.465 e. The van der Waals surface area contributed by atoms with E-state index in [9.17, 15) is 22.4 Å². The molecule has 0 saturated carbocycles. The number of hydrogen-bond acceptors (Lipinski definition) is 6. The smallest absolute Gasteiger partial charge is 0.342 e. The Labute approximate surface area is 199 Å². The number of methoxy groups -OCH3 is 1. The largest absolute Gasteiger partial charge is 0.465 e. The summed E-state index contributed by atoms with van der Waals surface area (Å²) in [5.74, 6) is -1.91. The first kappa shape index (κ1) is 23.5. The van der Waals surface area contributed by atoms with Gasteiger partial charge in [-0.05, 0) is 73.7 Å². The molecule has 1 aromatic heterocycles. The van der Waals surface area contributed by atoms with Gasteiger partial charge in [-0.3, -0.25) is 4.79 Å². The summed E-state index contributed by atoms with van der Waals surface area (Å²) in [5, 5.41) is 0.632. The number of sulfonamides is 1. The molecule has 0 aliphatic carbocycles. The summed E-state index contributed by atoms with van der Waals surface area (Å²) in [5.41, 5.74) is 0.409. The van der Waals surface area contributed by atoms with Gasteiger partial charge in [0.05, 0.1) is 17.7 Å². The van der Waals surface area contributed by atoms with E-state index in [0.29, 0.717) is 14.9 Å². The first-order valence-corrected chi connectivity index (χ1v) is 11.7. The molecule has 0 spiro atoms. The summed E-state index contributed by atoms with van der Waals surface area (Å²) in [7, 11) is -3.28. The van der Waals surface area contributed by atoms with Crippen molar-refractivity contribution in [1.82, 2.24) is 0 Å². The summed E-state index contributed by atoms with van der Waals surface area (Å²) < 4.78 is 51.6. The van der Waals surface area contributed by atoms with Crippen LogP contribution in [0.25, 0.3) is 11.0 Å². The van der Waals surface area contributed by atoms with Crippen molar-refractivity contribution in [1.29, 1.82) is 0 Å². The van der Waals surface area contributed by atoms with Gasteiger partial charge in [-0.15, -0.1) is 0 Å². The second-order valence-corrected chi connectivity index (χ2v) is 9.46. The number of ether oxygens (including phenoxy) is 1. The molecule has 34 heavy (non-hydrogen) atoms. The number of rotatable bonds is 5. The Balaban J connectivity index is 1.95. The molecule has 0 fully saturated rings. The lowest BCUT2D eigenvalue weighted by atomic mass is 10.1. The number of nitrogens with zero attached hydrogens (tertiary/aromatic N) is 1. The van der Waals surface area contributed by atoms with Crippen LogP contribution in [-0.2, 0) is 14.8 Å². The summed E-state index contributed by atoms with van der Waals surface area (Å²) in [6.45, 7) is 1.57. The minimum atomic E-state index is -4.49. The van der Waals surface area contributed by atoms with Gasteiger partial charge in [-0.25, -0.2) is 17.6 Å². The van der Waals surface area contributed by atoms with Crippen LogP contribution in [0.4, 0.5) is 10.1 Å². The molecule has 3 aromatic carbocycles. The zero-order valence-electron chi connectivity index (χ0n) is 17.9. The molecule has 4 aromatic rings. The van der Waals surface area contributed by atoms with Crippen molar-refractivity contribution in [2.45, 2.75) is 11.8 Å². The molecule has 4 rings (SSSR count). The van der Waals surface area contributed by atoms with Crippen molar-refractivity contribution in [2.24, 2.45) is 0 Å². The molecule has 0 aliphatic rings. The molecule has 174 valence electrons. The van der Waals surface area contributed by atoms with Crippen LogP contribution in [0.5, 0.6) is 0 Å². The van der Waals surface area contributed by atoms with Gasteiger partial charge < -0.3 is 9.15 Å². The van der Waals surface area contributed by atoms with Crippen molar-refractivity contribution in [3.05, 3.63) is 94.5 Å². The van der Waals surface area contributed by atoms with E-state index < -0.39 is 27.7 Å². The lowest BCUT2D eigenvalue weighted by Gasteiger charge is -2.23. The van der Waals surface area contributed by atoms with Crippen molar-refractivity contribution < 1.29 is 31.6 Å². The standard InChI is InChI=1S/C24H17ClFNO6S/c1-14-22(24(29)32-2)20-13-18(9-12-21(20)33-14)27(23(28)15-3-5-16(25)6-4-15)34(30,31)19-10-7-17(26)8-11-19/h3-13H,1-2H3. The maximum atomic E-state index is 13.6. The quantitative estimate of drug-likeness (QED) is 0.342. The van der Waals surface area contributed by atoms with Gasteiger partial charge in [0.15, 0.2) is 0 Å². The average molecular weight is 502 g/mol. The highest BCUT2D eigenvalue weighted by Gasteiger charge is 2.33. The number of esters is 1. The number of carbonyl (C=O) groups excluding carboxylic acids is 2. The van der Waals surface area contributed by atoms with E-state index in [2.05, 4.69) is 0 Å². The van der Waals surface area contributed by atoms with E-state index >= 15 is 0 Å². The topological polar surface area (TPSA) is 93.9 Å². The van der Waals surface area contributed by atoms with Crippen LogP contribution in [-0.4, -0.2) is 27.4 Å². The van der Waals surface area contributed by atoms with Crippen molar-refractivity contribution in [2.75, 3.05) is 11.4 Å². The summed E-state index contributed by atoms with van der Waals surface area (Å²) in [6, 6.07) is 14.0. The highest BCUT2D eigenvalue weighted by atomic mass is 35.5. The van der Waals surface area contributed by atoms with Crippen LogP contribution >= 0.6 is 11.6 Å². The Hall–Kier alpha value is -3.69. The van der Waals surface area contributed by atoms with Crippen LogP contribution in [0.3, 0.4) is 0 Å². The predicted octanol–water partition coefficient (Wildman–Crippen LogP) is 5.36. The van der Waals surface area contributed by atoms with Gasteiger partial charge in [0.1, 0.15) is 22.7 Å². The predicted molar refractivity (Wildman–Crippen MR) is 124 cm³/mol. The van der Waals surface area contributed by atoms with Gasteiger partial charge >= 0.3 is 5.97 Å². The van der Waals surface area contributed by atoms with Crippen molar-refractivity contribution in [3.8, 4) is 0 Å². The number of carbonyl (C=O) groups is 2. The number of halogens is 2. The second kappa shape index (κ2) is 8.92. The summed E-state index contributed by atoms with van der Waals surface area (Å²) in [6.07, 6.45) is 0. The molecule has 0 aliphatic heterocycles. The highest BCUT2D eigenvalue weighted by molar-refractivity contribution is 7.93. The third kappa shape index (κ3) is 4.15. The van der Waals surface area contributed by atoms with Crippen molar-refractivity contribution >= 4 is 50.2 Å². The van der Waals surface area contributed by atoms with Gasteiger partial charge in [0, 0.05) is 16.0 Å². The highest BCUT2D eigenvalue weighted by Crippen LogP contribution is 2.33. The number of aryl methyl sites for hydroxylation is 1. The Bertz CT molecular complexity index is 1510. The molecular formula is C24H17ClFNO6S. The van der Waals surface area contributed by atoms with Crippen LogP contribution in [0.2, 0.25) is 5.02 Å². The Morgan fingerprint density at radius 1 is 1.00 bits per heavy atom. The van der Waals surface area contributed by atoms with E-state index in [1.807, 2.05) is 0 Å². The molecule has 0 atom stereocenters. The average Bonchev–Trinajstić information content (AvgIpc) is 3.14. The first-order chi connectivity index (χ1) is 16.1. The first-order valence-electron chi connectivity index (χ1n) is 9.85. The van der Waals surface area contributed by atoms with Crippen molar-refractivity contribution in [3.63, 3.8) is 0 Å². The molecule has 0 unspecified atom stereocenters. The van der Waals surface area contributed by atoms with Crippen LogP contribution in [0.1, 0.15) is 26.5 Å². The monoisotopic (exact) mass is 501 g/mol. The number of anilines is 1. The summed E-state index contributed by atoms with van der Waals surface area (Å²) >= 11 is 5.91. The minimum absolute atomic E-state index is 0.0479. The third-order valence-electron chi connectivity index (χ3n) is 5.10. The molecule has 0 bridgehead atoms. The van der Waals surface area contributed by atoms with Crippen LogP contribution < -0.4 is 4.31 Å². The number of amides is 1. The maximum absolute atomic E-state index is 13.6. The van der Waals surface area contributed by atoms with E-state index in [-0.39, 0.29) is 32.9 Å². The summed E-state index contributed by atoms with van der Waals surface area (Å²) in [4.78, 5) is 25.5.